The van der Waals surface area contributed by atoms with E-state index in [1.54, 1.807) is 0 Å². The normalized spacial score (nSPS) is 15.9. The first kappa shape index (κ1) is 29.6. The lowest BCUT2D eigenvalue weighted by Crippen LogP contribution is -2.31. The van der Waals surface area contributed by atoms with Crippen LogP contribution in [0.15, 0.2) is 145 Å². The van der Waals surface area contributed by atoms with Crippen LogP contribution in [0.3, 0.4) is 0 Å². The van der Waals surface area contributed by atoms with Crippen molar-refractivity contribution in [2.24, 2.45) is 0 Å². The van der Waals surface area contributed by atoms with Crippen LogP contribution in [0.2, 0.25) is 0 Å². The maximum Gasteiger partial charge on any atom is 0.0725 e. The second kappa shape index (κ2) is 11.3. The molecule has 5 aromatic carbocycles. The van der Waals surface area contributed by atoms with E-state index in [1.807, 2.05) is 0 Å². The van der Waals surface area contributed by atoms with Gasteiger partial charge in [0, 0.05) is 17.1 Å². The maximum atomic E-state index is 4.84. The molecule has 0 radical (unpaired) electrons. The zero-order valence-corrected chi connectivity index (χ0v) is 27.8. The third-order valence-electron chi connectivity index (χ3n) is 10.1. The monoisotopic (exact) mass is 595 g/mol. The Morgan fingerprint density at radius 2 is 1.17 bits per heavy atom. The molecule has 2 aliphatic rings. The van der Waals surface area contributed by atoms with Crippen LogP contribution in [-0.4, -0.2) is 0 Å². The molecule has 0 aliphatic heterocycles. The molecule has 5 aromatic rings. The molecule has 0 aromatic heterocycles. The molecule has 0 atom stereocenters. The van der Waals surface area contributed by atoms with Gasteiger partial charge in [0.15, 0.2) is 0 Å². The van der Waals surface area contributed by atoms with Crippen molar-refractivity contribution < 1.29 is 0 Å². The molecule has 0 unspecified atom stereocenters. The highest BCUT2D eigenvalue weighted by molar-refractivity contribution is 5.90. The van der Waals surface area contributed by atoms with Crippen molar-refractivity contribution in [3.8, 4) is 11.1 Å². The van der Waals surface area contributed by atoms with Crippen LogP contribution in [0, 0.1) is 34.6 Å². The molecular weight excluding hydrogens is 555 g/mol. The number of hydrogen-bond donors (Lipinski definition) is 0. The quantitative estimate of drug-likeness (QED) is 0.200. The van der Waals surface area contributed by atoms with Gasteiger partial charge in [0.1, 0.15) is 0 Å². The van der Waals surface area contributed by atoms with E-state index >= 15 is 0 Å². The van der Waals surface area contributed by atoms with E-state index in [0.29, 0.717) is 0 Å². The van der Waals surface area contributed by atoms with Crippen LogP contribution in [0.1, 0.15) is 57.0 Å². The molecule has 1 nitrogen and oxygen atoms in total. The molecule has 46 heavy (non-hydrogen) atoms. The highest BCUT2D eigenvalue weighted by Gasteiger charge is 2.49. The molecule has 1 heteroatoms. The molecule has 226 valence electrons. The van der Waals surface area contributed by atoms with Gasteiger partial charge in [0.05, 0.1) is 5.41 Å². The molecule has 0 saturated heterocycles. The topological polar surface area (TPSA) is 3.24 Å². The molecule has 0 saturated carbocycles. The number of rotatable bonds is 4. The second-order valence-corrected chi connectivity index (χ2v) is 12.9. The Morgan fingerprint density at radius 1 is 0.609 bits per heavy atom. The molecule has 0 bridgehead atoms. The van der Waals surface area contributed by atoms with Gasteiger partial charge in [0.25, 0.3) is 0 Å². The maximum absolute atomic E-state index is 4.84. The predicted octanol–water partition coefficient (Wildman–Crippen LogP) is 11.8. The lowest BCUT2D eigenvalue weighted by atomic mass is 9.64. The number of anilines is 2. The molecule has 0 fully saturated rings. The molecule has 0 heterocycles. The minimum absolute atomic E-state index is 0.527. The van der Waals surface area contributed by atoms with E-state index in [9.17, 15) is 0 Å². The van der Waals surface area contributed by atoms with Crippen molar-refractivity contribution in [1.82, 2.24) is 0 Å². The first-order chi connectivity index (χ1) is 22.2. The summed E-state index contributed by atoms with van der Waals surface area (Å²) >= 11 is 0. The molecule has 2 aliphatic carbocycles. The minimum atomic E-state index is -0.527. The smallest absolute Gasteiger partial charge is 0.0725 e. The fourth-order valence-electron chi connectivity index (χ4n) is 7.47. The molecule has 7 rings (SSSR count). The summed E-state index contributed by atoms with van der Waals surface area (Å²) in [6, 6.07) is 38.3. The Kier molecular flexibility index (Phi) is 7.29. The second-order valence-electron chi connectivity index (χ2n) is 12.9. The molecule has 0 N–H and O–H groups in total. The van der Waals surface area contributed by atoms with Crippen LogP contribution in [0.25, 0.3) is 17.2 Å². The third kappa shape index (κ3) is 4.53. The van der Waals surface area contributed by atoms with E-state index in [1.165, 1.54) is 72.3 Å². The van der Waals surface area contributed by atoms with Gasteiger partial charge in [-0.1, -0.05) is 109 Å². The Labute approximate surface area is 274 Å². The number of hydrogen-bond acceptors (Lipinski definition) is 1. The first-order valence-corrected chi connectivity index (χ1v) is 16.2. The van der Waals surface area contributed by atoms with Crippen LogP contribution in [0.4, 0.5) is 11.4 Å². The van der Waals surface area contributed by atoms with Crippen LogP contribution >= 0.6 is 0 Å². The van der Waals surface area contributed by atoms with Crippen molar-refractivity contribution in [2.75, 3.05) is 4.90 Å². The van der Waals surface area contributed by atoms with Gasteiger partial charge in [-0.05, 0) is 139 Å². The standard InChI is InChI=1S/C45H41N/c1-8-35-21-22-36-20-17-29(2)25-43(36)45(41-15-11-9-13-39(41)40-14-10-12-16-42(40)45)44(35)28-34(7)46(37-23-18-30(3)32(5)26-37)38-24-19-31(4)33(6)27-38/h8-28H,7H2,1-6H3/b35-8-,44-28+. The first-order valence-electron chi connectivity index (χ1n) is 16.2. The summed E-state index contributed by atoms with van der Waals surface area (Å²) in [5.41, 5.74) is 19.1. The highest BCUT2D eigenvalue weighted by Crippen LogP contribution is 2.59. The third-order valence-corrected chi connectivity index (χ3v) is 10.1. The Balaban J connectivity index is 1.56. The molecule has 1 spiro atoms. The predicted molar refractivity (Wildman–Crippen MR) is 197 cm³/mol. The van der Waals surface area contributed by atoms with Gasteiger partial charge < -0.3 is 4.90 Å². The van der Waals surface area contributed by atoms with Crippen LogP contribution in [0.5, 0.6) is 0 Å². The van der Waals surface area contributed by atoms with Crippen LogP contribution < -0.4 is 4.90 Å². The average Bonchev–Trinajstić information content (AvgIpc) is 3.28. The van der Waals surface area contributed by atoms with Gasteiger partial charge in [-0.25, -0.2) is 0 Å². The summed E-state index contributed by atoms with van der Waals surface area (Å²) < 4.78 is 0. The number of allylic oxidation sites excluding steroid dienone is 5. The zero-order chi connectivity index (χ0) is 32.2. The average molecular weight is 596 g/mol. The van der Waals surface area contributed by atoms with E-state index < -0.39 is 5.41 Å². The summed E-state index contributed by atoms with van der Waals surface area (Å²) in [5, 5.41) is 0. The lowest BCUT2D eigenvalue weighted by molar-refractivity contribution is 0.757. The van der Waals surface area contributed by atoms with E-state index in [4.69, 9.17) is 6.58 Å². The van der Waals surface area contributed by atoms with Crippen molar-refractivity contribution in [2.45, 2.75) is 47.0 Å². The fourth-order valence-corrected chi connectivity index (χ4v) is 7.47. The van der Waals surface area contributed by atoms with Gasteiger partial charge in [-0.2, -0.15) is 0 Å². The lowest BCUT2D eigenvalue weighted by Gasteiger charge is -2.37. The zero-order valence-electron chi connectivity index (χ0n) is 27.8. The van der Waals surface area contributed by atoms with Gasteiger partial charge in [-0.15, -0.1) is 0 Å². The summed E-state index contributed by atoms with van der Waals surface area (Å²) in [6.45, 7) is 17.9. The molecule has 0 amide bonds. The Morgan fingerprint density at radius 3 is 1.72 bits per heavy atom. The summed E-state index contributed by atoms with van der Waals surface area (Å²) in [4.78, 5) is 2.32. The Hall–Kier alpha value is -5.14. The number of nitrogens with zero attached hydrogens (tertiary/aromatic N) is 1. The van der Waals surface area contributed by atoms with Gasteiger partial charge in [-0.3, -0.25) is 0 Å². The minimum Gasteiger partial charge on any atom is -0.311 e. The fraction of sp³-hybridized carbons (Fsp3) is 0.156. The van der Waals surface area contributed by atoms with Crippen molar-refractivity contribution >= 4 is 17.5 Å². The summed E-state index contributed by atoms with van der Waals surface area (Å²) in [5.74, 6) is 0. The van der Waals surface area contributed by atoms with Crippen LogP contribution in [-0.2, 0) is 5.41 Å². The number of aryl methyl sites for hydroxylation is 5. The summed E-state index contributed by atoms with van der Waals surface area (Å²) in [6.07, 6.45) is 9.21. The SMILES string of the molecule is C=C(/C=C1\C(=C/C)C=Cc2ccc(C)cc2C12c1ccccc1-c1ccccc12)N(c1ccc(C)c(C)c1)c1ccc(C)c(C)c1. The highest BCUT2D eigenvalue weighted by atomic mass is 15.1. The van der Waals surface area contributed by atoms with Gasteiger partial charge in [0.2, 0.25) is 0 Å². The molecular formula is C45H41N. The van der Waals surface area contributed by atoms with Crippen molar-refractivity contribution in [1.29, 1.82) is 0 Å². The van der Waals surface area contributed by atoms with Crippen molar-refractivity contribution in [3.63, 3.8) is 0 Å². The van der Waals surface area contributed by atoms with E-state index in [0.717, 1.165) is 17.1 Å². The number of benzene rings is 5. The summed E-state index contributed by atoms with van der Waals surface area (Å²) in [7, 11) is 0. The van der Waals surface area contributed by atoms with Gasteiger partial charge >= 0.3 is 0 Å². The van der Waals surface area contributed by atoms with Crippen molar-refractivity contribution in [3.05, 3.63) is 195 Å². The van der Waals surface area contributed by atoms with E-state index in [-0.39, 0.29) is 0 Å². The van der Waals surface area contributed by atoms with E-state index in [2.05, 4.69) is 174 Å². The largest absolute Gasteiger partial charge is 0.311 e. The number of fused-ring (bicyclic) bond motifs is 7. The Bertz CT molecular complexity index is 2040.